The van der Waals surface area contributed by atoms with Gasteiger partial charge in [0.1, 0.15) is 0 Å². The Kier molecular flexibility index (Phi) is 5.28. The number of aryl methyl sites for hydroxylation is 1. The topological polar surface area (TPSA) is 3.24 Å². The maximum Gasteiger partial charge on any atom is 0.0449 e. The van der Waals surface area contributed by atoms with Crippen LogP contribution in [-0.4, -0.2) is 6.54 Å². The van der Waals surface area contributed by atoms with Crippen LogP contribution < -0.4 is 4.90 Å². The second-order valence-electron chi connectivity index (χ2n) is 7.34. The van der Waals surface area contributed by atoms with Gasteiger partial charge < -0.3 is 4.90 Å². The standard InChI is InChI=1S/C23H31N/c1-5-7-10-19(6-2)16-24-22-12-9-8-11-20(22)15-21-18(4)17(3)13-14-23(21)24/h8-9,11-14,19H,5-7,10,15-16H2,1-4H3. The lowest BCUT2D eigenvalue weighted by molar-refractivity contribution is 0.457. The molecule has 1 heteroatoms. The van der Waals surface area contributed by atoms with Gasteiger partial charge in [-0.2, -0.15) is 0 Å². The molecule has 0 fully saturated rings. The molecule has 0 aliphatic carbocycles. The summed E-state index contributed by atoms with van der Waals surface area (Å²) >= 11 is 0. The molecule has 3 rings (SSSR count). The number of para-hydroxylation sites is 1. The summed E-state index contributed by atoms with van der Waals surface area (Å²) in [6, 6.07) is 13.6. The summed E-state index contributed by atoms with van der Waals surface area (Å²) < 4.78 is 0. The molecule has 2 aromatic carbocycles. The summed E-state index contributed by atoms with van der Waals surface area (Å²) in [6.07, 6.45) is 6.31. The number of rotatable bonds is 6. The van der Waals surface area contributed by atoms with Crippen molar-refractivity contribution in [1.82, 2.24) is 0 Å². The van der Waals surface area contributed by atoms with Crippen molar-refractivity contribution in [2.45, 2.75) is 59.8 Å². The third-order valence-corrected chi connectivity index (χ3v) is 5.77. The van der Waals surface area contributed by atoms with Crippen LogP contribution in [0.5, 0.6) is 0 Å². The average Bonchev–Trinajstić information content (AvgIpc) is 2.61. The Morgan fingerprint density at radius 1 is 1.00 bits per heavy atom. The quantitative estimate of drug-likeness (QED) is 0.582. The second kappa shape index (κ2) is 7.42. The van der Waals surface area contributed by atoms with Gasteiger partial charge in [-0.25, -0.2) is 0 Å². The van der Waals surface area contributed by atoms with Gasteiger partial charge in [-0.15, -0.1) is 0 Å². The number of anilines is 2. The van der Waals surface area contributed by atoms with E-state index < -0.39 is 0 Å². The molecular formula is C23H31N. The van der Waals surface area contributed by atoms with Gasteiger partial charge in [0.2, 0.25) is 0 Å². The predicted octanol–water partition coefficient (Wildman–Crippen LogP) is 6.56. The molecule has 0 spiro atoms. The van der Waals surface area contributed by atoms with Crippen LogP contribution in [0.4, 0.5) is 11.4 Å². The molecule has 1 aliphatic heterocycles. The molecule has 1 atom stereocenters. The van der Waals surface area contributed by atoms with Gasteiger partial charge in [0.15, 0.2) is 0 Å². The summed E-state index contributed by atoms with van der Waals surface area (Å²) in [5.74, 6) is 0.769. The van der Waals surface area contributed by atoms with Crippen LogP contribution >= 0.6 is 0 Å². The summed E-state index contributed by atoms with van der Waals surface area (Å²) in [5, 5.41) is 0. The maximum atomic E-state index is 2.60. The fourth-order valence-corrected chi connectivity index (χ4v) is 3.95. The first kappa shape index (κ1) is 17.1. The number of benzene rings is 2. The number of hydrogen-bond donors (Lipinski definition) is 0. The molecule has 24 heavy (non-hydrogen) atoms. The third-order valence-electron chi connectivity index (χ3n) is 5.77. The SMILES string of the molecule is CCCCC(CC)CN1c2ccccc2Cc2c1ccc(C)c2C. The van der Waals surface area contributed by atoms with E-state index in [1.165, 1.54) is 59.3 Å². The summed E-state index contributed by atoms with van der Waals surface area (Å²) in [7, 11) is 0. The van der Waals surface area contributed by atoms with Gasteiger partial charge in [-0.05, 0) is 60.6 Å². The van der Waals surface area contributed by atoms with Crippen molar-refractivity contribution >= 4 is 11.4 Å². The third kappa shape index (κ3) is 3.22. The number of nitrogens with zero attached hydrogens (tertiary/aromatic N) is 1. The molecule has 0 radical (unpaired) electrons. The zero-order chi connectivity index (χ0) is 17.1. The molecule has 1 aliphatic rings. The molecule has 0 saturated carbocycles. The van der Waals surface area contributed by atoms with Crippen LogP contribution in [0.15, 0.2) is 36.4 Å². The minimum atomic E-state index is 0.769. The molecule has 0 N–H and O–H groups in total. The lowest BCUT2D eigenvalue weighted by Crippen LogP contribution is -2.29. The van der Waals surface area contributed by atoms with Crippen LogP contribution in [-0.2, 0) is 6.42 Å². The Balaban J connectivity index is 2.00. The smallest absolute Gasteiger partial charge is 0.0449 e. The summed E-state index contributed by atoms with van der Waals surface area (Å²) in [5.41, 5.74) is 8.73. The molecule has 0 aromatic heterocycles. The minimum absolute atomic E-state index is 0.769. The Morgan fingerprint density at radius 2 is 1.79 bits per heavy atom. The Hall–Kier alpha value is -1.76. The van der Waals surface area contributed by atoms with E-state index in [1.54, 1.807) is 0 Å². The highest BCUT2D eigenvalue weighted by Crippen LogP contribution is 2.41. The Labute approximate surface area is 147 Å². The van der Waals surface area contributed by atoms with E-state index in [1.807, 2.05) is 0 Å². The zero-order valence-corrected chi connectivity index (χ0v) is 15.7. The lowest BCUT2D eigenvalue weighted by atomic mass is 9.89. The van der Waals surface area contributed by atoms with E-state index >= 15 is 0 Å². The number of fused-ring (bicyclic) bond motifs is 2. The Bertz CT molecular complexity index is 701. The first-order chi connectivity index (χ1) is 11.7. The van der Waals surface area contributed by atoms with Crippen molar-refractivity contribution in [3.63, 3.8) is 0 Å². The molecule has 0 amide bonds. The number of unbranched alkanes of at least 4 members (excludes halogenated alkanes) is 1. The highest BCUT2D eigenvalue weighted by molar-refractivity contribution is 5.75. The van der Waals surface area contributed by atoms with Gasteiger partial charge in [0.05, 0.1) is 0 Å². The first-order valence-electron chi connectivity index (χ1n) is 9.60. The van der Waals surface area contributed by atoms with Gasteiger partial charge in [-0.3, -0.25) is 0 Å². The second-order valence-corrected chi connectivity index (χ2v) is 7.34. The number of hydrogen-bond acceptors (Lipinski definition) is 1. The van der Waals surface area contributed by atoms with E-state index in [-0.39, 0.29) is 0 Å². The minimum Gasteiger partial charge on any atom is -0.341 e. The molecule has 128 valence electrons. The van der Waals surface area contributed by atoms with Crippen LogP contribution in [0.3, 0.4) is 0 Å². The van der Waals surface area contributed by atoms with Gasteiger partial charge in [0, 0.05) is 24.3 Å². The van der Waals surface area contributed by atoms with Crippen LogP contribution in [0.25, 0.3) is 0 Å². The molecule has 1 heterocycles. The van der Waals surface area contributed by atoms with Crippen LogP contribution in [0.2, 0.25) is 0 Å². The summed E-state index contributed by atoms with van der Waals surface area (Å²) in [4.78, 5) is 2.60. The van der Waals surface area contributed by atoms with E-state index in [4.69, 9.17) is 0 Å². The first-order valence-corrected chi connectivity index (χ1v) is 9.60. The molecule has 0 bridgehead atoms. The maximum absolute atomic E-state index is 2.60. The van der Waals surface area contributed by atoms with Crippen molar-refractivity contribution in [1.29, 1.82) is 0 Å². The highest BCUT2D eigenvalue weighted by atomic mass is 15.1. The van der Waals surface area contributed by atoms with Crippen molar-refractivity contribution in [3.05, 3.63) is 58.7 Å². The van der Waals surface area contributed by atoms with Crippen LogP contribution in [0, 0.1) is 19.8 Å². The van der Waals surface area contributed by atoms with Gasteiger partial charge in [-0.1, -0.05) is 57.4 Å². The van der Waals surface area contributed by atoms with E-state index in [9.17, 15) is 0 Å². The highest BCUT2D eigenvalue weighted by Gasteiger charge is 2.25. The van der Waals surface area contributed by atoms with Gasteiger partial charge >= 0.3 is 0 Å². The predicted molar refractivity (Wildman–Crippen MR) is 105 cm³/mol. The molecule has 1 nitrogen and oxygen atoms in total. The lowest BCUT2D eigenvalue weighted by Gasteiger charge is -2.37. The van der Waals surface area contributed by atoms with E-state index in [0.29, 0.717) is 0 Å². The monoisotopic (exact) mass is 321 g/mol. The molecule has 1 unspecified atom stereocenters. The van der Waals surface area contributed by atoms with Crippen LogP contribution in [0.1, 0.15) is 61.8 Å². The van der Waals surface area contributed by atoms with Crippen molar-refractivity contribution in [2.75, 3.05) is 11.4 Å². The normalized spacial score (nSPS) is 14.2. The molecule has 2 aromatic rings. The van der Waals surface area contributed by atoms with Gasteiger partial charge in [0.25, 0.3) is 0 Å². The van der Waals surface area contributed by atoms with E-state index in [2.05, 4.69) is 69.0 Å². The van der Waals surface area contributed by atoms with E-state index in [0.717, 1.165) is 18.9 Å². The molecular weight excluding hydrogens is 290 g/mol. The van der Waals surface area contributed by atoms with Crippen molar-refractivity contribution in [2.24, 2.45) is 5.92 Å². The fourth-order valence-electron chi connectivity index (χ4n) is 3.95. The average molecular weight is 322 g/mol. The fraction of sp³-hybridized carbons (Fsp3) is 0.478. The van der Waals surface area contributed by atoms with Crippen molar-refractivity contribution in [3.8, 4) is 0 Å². The zero-order valence-electron chi connectivity index (χ0n) is 15.7. The molecule has 0 saturated heterocycles. The summed E-state index contributed by atoms with van der Waals surface area (Å²) in [6.45, 7) is 10.3. The van der Waals surface area contributed by atoms with Crippen molar-refractivity contribution < 1.29 is 0 Å². The largest absolute Gasteiger partial charge is 0.341 e. The Morgan fingerprint density at radius 3 is 2.54 bits per heavy atom.